The van der Waals surface area contributed by atoms with Crippen molar-refractivity contribution in [1.29, 1.82) is 0 Å². The molecule has 38 heavy (non-hydrogen) atoms. The van der Waals surface area contributed by atoms with Crippen LogP contribution >= 0.6 is 0 Å². The Hall–Kier alpha value is -4.91. The summed E-state index contributed by atoms with van der Waals surface area (Å²) in [5.41, 5.74) is 2.31. The van der Waals surface area contributed by atoms with Gasteiger partial charge >= 0.3 is 0 Å². The van der Waals surface area contributed by atoms with E-state index in [1.165, 1.54) is 4.90 Å². The van der Waals surface area contributed by atoms with Crippen molar-refractivity contribution >= 4 is 17.4 Å². The van der Waals surface area contributed by atoms with E-state index < -0.39 is 23.5 Å². The van der Waals surface area contributed by atoms with E-state index in [0.29, 0.717) is 33.9 Å². The largest absolute Gasteiger partial charge is 0.872 e. The minimum Gasteiger partial charge on any atom is -0.872 e. The highest BCUT2D eigenvalue weighted by molar-refractivity contribution is 6.46. The molecule has 1 N–H and O–H groups in total. The number of aryl methyl sites for hydroxylation is 1. The molecular formula is C31H26N2O5. The Kier molecular flexibility index (Phi) is 6.91. The first-order valence-electron chi connectivity index (χ1n) is 12.2. The lowest BCUT2D eigenvalue weighted by atomic mass is 9.93. The van der Waals surface area contributed by atoms with Crippen molar-refractivity contribution in [2.24, 2.45) is 0 Å². The number of nitrogens with one attached hydrogen (secondary N) is 1. The number of para-hydroxylation sites is 1. The monoisotopic (exact) mass is 506 g/mol. The highest BCUT2D eigenvalue weighted by atomic mass is 16.5. The van der Waals surface area contributed by atoms with Crippen LogP contribution in [-0.2, 0) is 16.1 Å². The van der Waals surface area contributed by atoms with Crippen LogP contribution < -0.4 is 19.6 Å². The van der Waals surface area contributed by atoms with Gasteiger partial charge < -0.3 is 19.5 Å². The highest BCUT2D eigenvalue weighted by Crippen LogP contribution is 2.41. The molecule has 2 heterocycles. The van der Waals surface area contributed by atoms with Crippen molar-refractivity contribution in [3.8, 4) is 17.2 Å². The van der Waals surface area contributed by atoms with E-state index in [1.807, 2.05) is 42.5 Å². The van der Waals surface area contributed by atoms with Gasteiger partial charge in [0, 0.05) is 17.2 Å². The maximum Gasteiger partial charge on any atom is 0.295 e. The Morgan fingerprint density at radius 2 is 1.71 bits per heavy atom. The van der Waals surface area contributed by atoms with Gasteiger partial charge in [-0.15, -0.1) is 0 Å². The third-order valence-electron chi connectivity index (χ3n) is 6.48. The molecule has 0 aliphatic carbocycles. The van der Waals surface area contributed by atoms with Gasteiger partial charge in [0.25, 0.3) is 5.91 Å². The zero-order valence-electron chi connectivity index (χ0n) is 21.0. The van der Waals surface area contributed by atoms with E-state index >= 15 is 0 Å². The molecule has 0 spiro atoms. The number of hydrogen-bond acceptors (Lipinski definition) is 5. The van der Waals surface area contributed by atoms with Gasteiger partial charge in [-0.1, -0.05) is 42.2 Å². The van der Waals surface area contributed by atoms with Crippen molar-refractivity contribution in [1.82, 2.24) is 4.90 Å². The Bertz CT molecular complexity index is 1520. The van der Waals surface area contributed by atoms with E-state index in [1.54, 1.807) is 68.9 Å². The summed E-state index contributed by atoms with van der Waals surface area (Å²) in [6.07, 6.45) is 3.52. The van der Waals surface area contributed by atoms with Gasteiger partial charge in [0.1, 0.15) is 17.2 Å². The van der Waals surface area contributed by atoms with Gasteiger partial charge in [-0.25, -0.2) is 4.98 Å². The number of amides is 1. The lowest BCUT2D eigenvalue weighted by Gasteiger charge is -2.28. The van der Waals surface area contributed by atoms with Crippen molar-refractivity contribution < 1.29 is 29.2 Å². The molecule has 7 nitrogen and oxygen atoms in total. The number of nitrogens with zero attached hydrogens (tertiary/aromatic N) is 1. The second-order valence-corrected chi connectivity index (χ2v) is 8.99. The molecule has 0 bridgehead atoms. The first-order chi connectivity index (χ1) is 18.5. The minimum atomic E-state index is -0.886. The van der Waals surface area contributed by atoms with E-state index in [9.17, 15) is 14.7 Å². The summed E-state index contributed by atoms with van der Waals surface area (Å²) < 4.78 is 11.3. The number of likely N-dealkylation sites (tertiary alicyclic amines) is 1. The van der Waals surface area contributed by atoms with Crippen molar-refractivity contribution in [2.75, 3.05) is 7.11 Å². The Balaban J connectivity index is 1.63. The number of hydrogen-bond donors (Lipinski definition) is 0. The normalized spacial score (nSPS) is 16.5. The molecule has 4 aromatic rings. The van der Waals surface area contributed by atoms with Crippen molar-refractivity contribution in [3.05, 3.63) is 125 Å². The fraction of sp³-hybridized carbons (Fsp3) is 0.129. The molecule has 3 aromatic carbocycles. The minimum absolute atomic E-state index is 0.0833. The van der Waals surface area contributed by atoms with E-state index in [-0.39, 0.29) is 12.1 Å². The first kappa shape index (κ1) is 24.8. The number of H-pyrrole nitrogens is 1. The van der Waals surface area contributed by atoms with Gasteiger partial charge in [0.2, 0.25) is 5.78 Å². The van der Waals surface area contributed by atoms with Gasteiger partial charge in [0.15, 0.2) is 12.4 Å². The number of ether oxygens (including phenoxy) is 2. The first-order valence-corrected chi connectivity index (χ1v) is 12.2. The molecule has 0 saturated carbocycles. The van der Waals surface area contributed by atoms with Crippen LogP contribution in [0.1, 0.15) is 28.3 Å². The number of benzene rings is 3. The zero-order valence-corrected chi connectivity index (χ0v) is 21.0. The summed E-state index contributed by atoms with van der Waals surface area (Å²) in [5.74, 6) is -0.227. The lowest BCUT2D eigenvalue weighted by Crippen LogP contribution is -2.29. The van der Waals surface area contributed by atoms with Gasteiger partial charge in [-0.05, 0) is 66.1 Å². The Morgan fingerprint density at radius 3 is 2.42 bits per heavy atom. The molecule has 1 atom stereocenters. The van der Waals surface area contributed by atoms with Crippen LogP contribution in [0.2, 0.25) is 0 Å². The predicted molar refractivity (Wildman–Crippen MR) is 139 cm³/mol. The van der Waals surface area contributed by atoms with Crippen LogP contribution in [0.4, 0.5) is 0 Å². The smallest absolute Gasteiger partial charge is 0.295 e. The fourth-order valence-electron chi connectivity index (χ4n) is 4.64. The summed E-state index contributed by atoms with van der Waals surface area (Å²) in [7, 11) is 1.55. The molecule has 1 aliphatic rings. The number of pyridine rings is 1. The Morgan fingerprint density at radius 1 is 0.921 bits per heavy atom. The van der Waals surface area contributed by atoms with Gasteiger partial charge in [0.05, 0.1) is 19.7 Å². The standard InChI is InChI=1S/C31H26N2O5/c1-20-16-24(37-2)13-14-26(20)29(34)27-28(33(31(36)30(27)35)19-21-8-7-15-32-18-21)22-9-6-12-25(17-22)38-23-10-4-3-5-11-23/h3-18,28,34H,19H2,1-2H3/b29-27+. The summed E-state index contributed by atoms with van der Waals surface area (Å²) >= 11 is 0. The third-order valence-corrected chi connectivity index (χ3v) is 6.48. The lowest BCUT2D eigenvalue weighted by molar-refractivity contribution is -0.378. The van der Waals surface area contributed by atoms with E-state index in [2.05, 4.69) is 4.98 Å². The molecule has 0 radical (unpaired) electrons. The van der Waals surface area contributed by atoms with Crippen molar-refractivity contribution in [3.63, 3.8) is 0 Å². The number of ketones is 1. The number of aromatic nitrogens is 1. The average Bonchev–Trinajstić information content (AvgIpc) is 3.19. The molecule has 1 aromatic heterocycles. The van der Waals surface area contributed by atoms with Crippen LogP contribution in [0.25, 0.3) is 5.76 Å². The number of methoxy groups -OCH3 is 1. The third kappa shape index (κ3) is 4.86. The number of carbonyl (C=O) groups is 2. The maximum atomic E-state index is 13.9. The molecule has 5 rings (SSSR count). The van der Waals surface area contributed by atoms with Gasteiger partial charge in [-0.3, -0.25) is 9.59 Å². The van der Waals surface area contributed by atoms with Crippen LogP contribution in [0.15, 0.2) is 103 Å². The fourth-order valence-corrected chi connectivity index (χ4v) is 4.64. The molecule has 1 unspecified atom stereocenters. The SMILES string of the molecule is COc1ccc(/C([O-])=C2\C(=O)C(=O)N(Cc3ccc[nH+]c3)C2c2cccc(Oc3ccccc3)c2)c(C)c1. The Labute approximate surface area is 220 Å². The second-order valence-electron chi connectivity index (χ2n) is 8.99. The molecular weight excluding hydrogens is 480 g/mol. The van der Waals surface area contributed by atoms with Crippen LogP contribution in [0.3, 0.4) is 0 Å². The highest BCUT2D eigenvalue weighted by Gasteiger charge is 2.44. The van der Waals surface area contributed by atoms with Crippen LogP contribution in [-0.4, -0.2) is 23.7 Å². The second kappa shape index (κ2) is 10.6. The van der Waals surface area contributed by atoms with Crippen LogP contribution in [0.5, 0.6) is 17.2 Å². The number of Topliss-reactive ketones (excluding diaryl/α,β-unsaturated/α-hetero) is 1. The molecule has 7 heteroatoms. The predicted octanol–water partition coefficient (Wildman–Crippen LogP) is 4.03. The maximum absolute atomic E-state index is 13.9. The van der Waals surface area contributed by atoms with Gasteiger partial charge in [-0.2, -0.15) is 0 Å². The van der Waals surface area contributed by atoms with Crippen LogP contribution in [0, 0.1) is 6.92 Å². The molecule has 1 amide bonds. The number of aromatic amines is 1. The summed E-state index contributed by atoms with van der Waals surface area (Å²) in [5, 5.41) is 13.9. The van der Waals surface area contributed by atoms with Crippen molar-refractivity contribution in [2.45, 2.75) is 19.5 Å². The van der Waals surface area contributed by atoms with E-state index in [0.717, 1.165) is 5.56 Å². The molecule has 1 aliphatic heterocycles. The van der Waals surface area contributed by atoms with E-state index in [4.69, 9.17) is 9.47 Å². The molecule has 1 saturated heterocycles. The number of rotatable bonds is 7. The summed E-state index contributed by atoms with van der Waals surface area (Å²) in [6.45, 7) is 1.92. The summed E-state index contributed by atoms with van der Waals surface area (Å²) in [6, 6.07) is 24.3. The summed E-state index contributed by atoms with van der Waals surface area (Å²) in [4.78, 5) is 31.2. The molecule has 190 valence electrons. The zero-order chi connectivity index (χ0) is 26.6. The molecule has 1 fully saturated rings. The topological polar surface area (TPSA) is 93.0 Å². The number of carbonyl (C=O) groups excluding carboxylic acids is 2. The quantitative estimate of drug-likeness (QED) is 0.214. The average molecular weight is 507 g/mol.